The van der Waals surface area contributed by atoms with Crippen LogP contribution in [0.5, 0.6) is 0 Å². The summed E-state index contributed by atoms with van der Waals surface area (Å²) < 4.78 is 7.53. The fourth-order valence-electron chi connectivity index (χ4n) is 8.25. The molecule has 2 nitrogen and oxygen atoms in total. The Hall–Kier alpha value is -6.07. The molecular weight excluding hydrogens is 657 g/mol. The van der Waals surface area contributed by atoms with Crippen LogP contribution in [0, 0.1) is 0 Å². The van der Waals surface area contributed by atoms with Gasteiger partial charge in [0, 0.05) is 63.7 Å². The van der Waals surface area contributed by atoms with Gasteiger partial charge in [-0.05, 0) is 117 Å². The van der Waals surface area contributed by atoms with Crippen molar-refractivity contribution in [3.63, 3.8) is 0 Å². The highest BCUT2D eigenvalue weighted by Crippen LogP contribution is 2.40. The number of hydrogen-bond donors (Lipinski definition) is 0. The normalized spacial score (nSPS) is 12.3. The summed E-state index contributed by atoms with van der Waals surface area (Å²) in [5, 5.41) is 16.1. The summed E-state index contributed by atoms with van der Waals surface area (Å²) in [6, 6.07) is 56.7. The van der Waals surface area contributed by atoms with Crippen LogP contribution in [0.4, 0.5) is 0 Å². The SMILES string of the molecule is c1ccc(-n2c3ccc4cc3c3cc(ccc32)c2cc3c(cn2)sc2ccc(cc23)c2ccc3sc5ccc(cc5c3c2)c2cccc4c2)cc1. The zero-order valence-electron chi connectivity index (χ0n) is 27.2. The Balaban J connectivity index is 1.28. The minimum atomic E-state index is 0.992. The molecule has 4 heterocycles. The summed E-state index contributed by atoms with van der Waals surface area (Å²) in [6.07, 6.45) is 2.06. The fraction of sp³-hybridized carbons (Fsp3) is 0. The maximum Gasteiger partial charge on any atom is 0.0709 e. The number of fused-ring (bicyclic) bond motifs is 12. The van der Waals surface area contributed by atoms with Gasteiger partial charge in [0.25, 0.3) is 0 Å². The maximum atomic E-state index is 5.04. The van der Waals surface area contributed by atoms with Crippen molar-refractivity contribution in [1.82, 2.24) is 9.55 Å². The number of benzene rings is 7. The zero-order chi connectivity index (χ0) is 33.2. The van der Waals surface area contributed by atoms with E-state index in [1.165, 1.54) is 94.5 Å². The first-order valence-corrected chi connectivity index (χ1v) is 18.9. The molecule has 0 radical (unpaired) electrons. The lowest BCUT2D eigenvalue weighted by molar-refractivity contribution is 1.18. The van der Waals surface area contributed by atoms with Gasteiger partial charge >= 0.3 is 0 Å². The largest absolute Gasteiger partial charge is 0.309 e. The van der Waals surface area contributed by atoms with Crippen LogP contribution in [-0.2, 0) is 0 Å². The van der Waals surface area contributed by atoms with Gasteiger partial charge in [0.05, 0.1) is 21.3 Å². The second-order valence-corrected chi connectivity index (χ2v) is 15.8. The monoisotopic (exact) mass is 682 g/mol. The van der Waals surface area contributed by atoms with E-state index in [4.69, 9.17) is 4.98 Å². The van der Waals surface area contributed by atoms with Crippen LogP contribution in [0.25, 0.3) is 111 Å². The molecule has 0 aliphatic carbocycles. The van der Waals surface area contributed by atoms with E-state index in [1.54, 1.807) is 0 Å². The van der Waals surface area contributed by atoms with Crippen molar-refractivity contribution in [2.75, 3.05) is 0 Å². The van der Waals surface area contributed by atoms with Gasteiger partial charge in [-0.25, -0.2) is 0 Å². The molecule has 51 heavy (non-hydrogen) atoms. The minimum absolute atomic E-state index is 0.992. The molecule has 0 unspecified atom stereocenters. The van der Waals surface area contributed by atoms with Crippen LogP contribution in [0.2, 0.25) is 0 Å². The van der Waals surface area contributed by atoms with Gasteiger partial charge in [-0.15, -0.1) is 22.7 Å². The van der Waals surface area contributed by atoms with Crippen molar-refractivity contribution in [2.45, 2.75) is 0 Å². The third-order valence-corrected chi connectivity index (χ3v) is 13.0. The molecule has 0 amide bonds. The van der Waals surface area contributed by atoms with Crippen molar-refractivity contribution in [3.8, 4) is 5.69 Å². The van der Waals surface area contributed by atoms with Gasteiger partial charge in [-0.2, -0.15) is 0 Å². The number of rotatable bonds is 1. The first-order valence-electron chi connectivity index (χ1n) is 17.3. The average Bonchev–Trinajstić information content (AvgIpc) is 3.85. The number of aromatic nitrogens is 2. The van der Waals surface area contributed by atoms with Gasteiger partial charge in [0.2, 0.25) is 0 Å². The van der Waals surface area contributed by atoms with Gasteiger partial charge in [0.1, 0.15) is 0 Å². The van der Waals surface area contributed by atoms with E-state index >= 15 is 0 Å². The summed E-state index contributed by atoms with van der Waals surface area (Å²) >= 11 is 3.70. The van der Waals surface area contributed by atoms with E-state index in [9.17, 15) is 0 Å². The molecule has 4 heteroatoms. The standard InChI is InChI=1S/C47H26N2S2/c1-2-7-34(8-3-1)49-42-14-9-29-20-35(42)36-24-33(10-15-43(36)49)41-25-40-39-23-32(13-18-46(39)51-47(40)26-48-41)31-12-17-45-38(22-31)37-21-30(11-16-44(37)50-45)28-6-4-5-27(29)19-28/h1-26H. The van der Waals surface area contributed by atoms with Crippen LogP contribution in [-0.4, -0.2) is 9.55 Å². The second kappa shape index (κ2) is 10.2. The smallest absolute Gasteiger partial charge is 0.0709 e. The average molecular weight is 683 g/mol. The first kappa shape index (κ1) is 27.7. The van der Waals surface area contributed by atoms with Crippen molar-refractivity contribution in [1.29, 1.82) is 0 Å². The Morgan fingerprint density at radius 1 is 0.353 bits per heavy atom. The van der Waals surface area contributed by atoms with Gasteiger partial charge in [-0.3, -0.25) is 4.98 Å². The van der Waals surface area contributed by atoms with Crippen LogP contribution in [0.15, 0.2) is 158 Å². The molecule has 12 rings (SSSR count). The van der Waals surface area contributed by atoms with Crippen LogP contribution < -0.4 is 0 Å². The van der Waals surface area contributed by atoms with Crippen LogP contribution in [0.3, 0.4) is 0 Å². The summed E-state index contributed by atoms with van der Waals surface area (Å²) in [5.41, 5.74) is 4.53. The van der Waals surface area contributed by atoms with E-state index in [-0.39, 0.29) is 0 Å². The molecule has 236 valence electrons. The molecule has 0 fully saturated rings. The highest BCUT2D eigenvalue weighted by atomic mass is 32.1. The number of hydrogen-bond acceptors (Lipinski definition) is 3. The van der Waals surface area contributed by atoms with Crippen molar-refractivity contribution in [3.05, 3.63) is 158 Å². The maximum absolute atomic E-state index is 5.04. The molecule has 14 bridgehead atoms. The number of nitrogens with zero attached hydrogens (tertiary/aromatic N) is 2. The summed E-state index contributed by atoms with van der Waals surface area (Å²) in [4.78, 5) is 5.04. The van der Waals surface area contributed by atoms with Gasteiger partial charge in [-0.1, -0.05) is 66.7 Å². The third-order valence-electron chi connectivity index (χ3n) is 10.8. The fourth-order valence-corrected chi connectivity index (χ4v) is 10.4. The lowest BCUT2D eigenvalue weighted by Crippen LogP contribution is -1.92. The number of para-hydroxylation sites is 1. The molecular formula is C47H26N2S2. The van der Waals surface area contributed by atoms with Crippen LogP contribution in [0.1, 0.15) is 0 Å². The molecule has 0 saturated heterocycles. The van der Waals surface area contributed by atoms with E-state index in [2.05, 4.69) is 162 Å². The van der Waals surface area contributed by atoms with E-state index in [0.717, 1.165) is 16.6 Å². The number of thiophene rings is 2. The van der Waals surface area contributed by atoms with Gasteiger partial charge in [0.15, 0.2) is 0 Å². The van der Waals surface area contributed by atoms with Crippen molar-refractivity contribution in [2.24, 2.45) is 0 Å². The Bertz CT molecular complexity index is 3480. The zero-order valence-corrected chi connectivity index (χ0v) is 28.9. The molecule has 0 atom stereocenters. The lowest BCUT2D eigenvalue weighted by atomic mass is 10.0. The number of pyridine rings is 1. The summed E-state index contributed by atoms with van der Waals surface area (Å²) in [5.74, 6) is 0. The Kier molecular flexibility index (Phi) is 5.56. The van der Waals surface area contributed by atoms with E-state index in [1.807, 2.05) is 22.7 Å². The first-order chi connectivity index (χ1) is 25.2. The van der Waals surface area contributed by atoms with Crippen molar-refractivity contribution < 1.29 is 0 Å². The molecule has 0 aliphatic rings. The molecule has 4 aromatic heterocycles. The molecule has 12 aromatic rings. The third kappa shape index (κ3) is 4.06. The highest BCUT2D eigenvalue weighted by Gasteiger charge is 2.14. The van der Waals surface area contributed by atoms with Gasteiger partial charge < -0.3 is 4.57 Å². The summed E-state index contributed by atoms with van der Waals surface area (Å²) in [6.45, 7) is 0. The second-order valence-electron chi connectivity index (χ2n) is 13.6. The molecule has 0 spiro atoms. The lowest BCUT2D eigenvalue weighted by Gasteiger charge is -2.07. The Morgan fingerprint density at radius 3 is 1.43 bits per heavy atom. The predicted molar refractivity (Wildman–Crippen MR) is 223 cm³/mol. The molecule has 8 aromatic carbocycles. The molecule has 0 N–H and O–H groups in total. The summed E-state index contributed by atoms with van der Waals surface area (Å²) in [7, 11) is 0. The minimum Gasteiger partial charge on any atom is -0.309 e. The Morgan fingerprint density at radius 2 is 0.824 bits per heavy atom. The quantitative estimate of drug-likeness (QED) is 0.168. The Labute approximate surface area is 299 Å². The van der Waals surface area contributed by atoms with Crippen molar-refractivity contribution >= 4 is 128 Å². The van der Waals surface area contributed by atoms with Crippen LogP contribution >= 0.6 is 22.7 Å². The predicted octanol–water partition coefficient (Wildman–Crippen LogP) is 14.1. The molecule has 0 saturated carbocycles. The highest BCUT2D eigenvalue weighted by molar-refractivity contribution is 7.26. The topological polar surface area (TPSA) is 17.8 Å². The molecule has 0 aliphatic heterocycles. The van der Waals surface area contributed by atoms with E-state index in [0.29, 0.717) is 0 Å². The van der Waals surface area contributed by atoms with E-state index < -0.39 is 0 Å².